The van der Waals surface area contributed by atoms with Gasteiger partial charge in [-0.15, -0.1) is 0 Å². The number of carbonyl (C=O) groups excluding carboxylic acids is 1. The number of rotatable bonds is 4. The van der Waals surface area contributed by atoms with Crippen LogP contribution in [0.4, 0.5) is 0 Å². The second kappa shape index (κ2) is 5.80. The fraction of sp³-hybridized carbons (Fsp3) is 0.933. The van der Waals surface area contributed by atoms with E-state index in [9.17, 15) is 4.79 Å². The van der Waals surface area contributed by atoms with Crippen molar-refractivity contribution in [2.75, 3.05) is 19.7 Å². The summed E-state index contributed by atoms with van der Waals surface area (Å²) in [5, 5.41) is 3.44. The summed E-state index contributed by atoms with van der Waals surface area (Å²) < 4.78 is 5.76. The van der Waals surface area contributed by atoms with Crippen molar-refractivity contribution in [2.45, 2.75) is 57.7 Å². The molecular weight excluding hydrogens is 240 g/mol. The van der Waals surface area contributed by atoms with Gasteiger partial charge in [-0.3, -0.25) is 10.1 Å². The molecule has 108 valence electrons. The van der Waals surface area contributed by atoms with Crippen LogP contribution in [0.3, 0.4) is 0 Å². The van der Waals surface area contributed by atoms with E-state index in [-0.39, 0.29) is 0 Å². The fourth-order valence-electron chi connectivity index (χ4n) is 4.07. The predicted octanol–water partition coefficient (Wildman–Crippen LogP) is 1.75. The van der Waals surface area contributed by atoms with Gasteiger partial charge in [-0.1, -0.05) is 19.8 Å². The van der Waals surface area contributed by atoms with Gasteiger partial charge < -0.3 is 9.64 Å². The third-order valence-corrected chi connectivity index (χ3v) is 5.14. The van der Waals surface area contributed by atoms with Crippen LogP contribution in [0.2, 0.25) is 0 Å². The Kier molecular flexibility index (Phi) is 4.08. The van der Waals surface area contributed by atoms with Gasteiger partial charge in [0.15, 0.2) is 0 Å². The molecule has 1 aliphatic carbocycles. The molecule has 4 heteroatoms. The summed E-state index contributed by atoms with van der Waals surface area (Å²) in [6.45, 7) is 4.48. The third kappa shape index (κ3) is 2.65. The molecule has 3 atom stereocenters. The summed E-state index contributed by atoms with van der Waals surface area (Å²) in [4.78, 5) is 14.3. The zero-order valence-corrected chi connectivity index (χ0v) is 11.9. The topological polar surface area (TPSA) is 41.6 Å². The van der Waals surface area contributed by atoms with Gasteiger partial charge in [0, 0.05) is 19.1 Å². The summed E-state index contributed by atoms with van der Waals surface area (Å²) in [7, 11) is 0. The van der Waals surface area contributed by atoms with Gasteiger partial charge in [0.05, 0.1) is 18.8 Å². The predicted molar refractivity (Wildman–Crippen MR) is 73.6 cm³/mol. The summed E-state index contributed by atoms with van der Waals surface area (Å²) in [5.74, 6) is 1.50. The molecule has 0 radical (unpaired) electrons. The molecule has 2 heterocycles. The maximum atomic E-state index is 12.1. The van der Waals surface area contributed by atoms with Crippen LogP contribution in [-0.2, 0) is 9.53 Å². The van der Waals surface area contributed by atoms with Gasteiger partial charge in [0.2, 0.25) is 5.91 Å². The lowest BCUT2D eigenvalue weighted by molar-refractivity contribution is -0.129. The number of hydrogen-bond donors (Lipinski definition) is 1. The molecule has 3 rings (SSSR count). The average molecular weight is 266 g/mol. The highest BCUT2D eigenvalue weighted by molar-refractivity contribution is 5.80. The smallest absolute Gasteiger partial charge is 0.237 e. The van der Waals surface area contributed by atoms with E-state index < -0.39 is 0 Å². The molecule has 2 saturated heterocycles. The van der Waals surface area contributed by atoms with Crippen LogP contribution in [0, 0.1) is 11.8 Å². The average Bonchev–Trinajstić information content (AvgIpc) is 3.12. The van der Waals surface area contributed by atoms with E-state index in [0.29, 0.717) is 36.6 Å². The Morgan fingerprint density at radius 1 is 1.32 bits per heavy atom. The van der Waals surface area contributed by atoms with Crippen LogP contribution in [0.5, 0.6) is 0 Å². The van der Waals surface area contributed by atoms with Crippen molar-refractivity contribution in [3.8, 4) is 0 Å². The van der Waals surface area contributed by atoms with Crippen LogP contribution in [0.15, 0.2) is 0 Å². The zero-order chi connectivity index (χ0) is 13.2. The molecule has 1 saturated carbocycles. The van der Waals surface area contributed by atoms with Gasteiger partial charge >= 0.3 is 0 Å². The van der Waals surface area contributed by atoms with Gasteiger partial charge in [-0.2, -0.15) is 0 Å². The SMILES string of the molecule is CCC1OCCC1CN1C(=O)CNC1C1CCCC1. The van der Waals surface area contributed by atoms with Crippen molar-refractivity contribution < 1.29 is 9.53 Å². The first-order valence-electron chi connectivity index (χ1n) is 7.94. The number of amides is 1. The quantitative estimate of drug-likeness (QED) is 0.843. The first-order valence-corrected chi connectivity index (χ1v) is 7.94. The normalized spacial score (nSPS) is 36.6. The van der Waals surface area contributed by atoms with E-state index >= 15 is 0 Å². The molecule has 0 spiro atoms. The first kappa shape index (κ1) is 13.4. The molecule has 3 unspecified atom stereocenters. The van der Waals surface area contributed by atoms with Crippen LogP contribution in [-0.4, -0.2) is 42.8 Å². The highest BCUT2D eigenvalue weighted by Crippen LogP contribution is 2.33. The first-order chi connectivity index (χ1) is 9.29. The molecule has 0 bridgehead atoms. The second-order valence-electron chi connectivity index (χ2n) is 6.28. The maximum Gasteiger partial charge on any atom is 0.237 e. The van der Waals surface area contributed by atoms with Gasteiger partial charge in [-0.05, 0) is 31.6 Å². The maximum absolute atomic E-state index is 12.1. The zero-order valence-electron chi connectivity index (χ0n) is 11.9. The minimum absolute atomic E-state index is 0.290. The number of ether oxygens (including phenoxy) is 1. The van der Waals surface area contributed by atoms with E-state index in [1.807, 2.05) is 0 Å². The fourth-order valence-corrected chi connectivity index (χ4v) is 4.07. The highest BCUT2D eigenvalue weighted by Gasteiger charge is 2.40. The van der Waals surface area contributed by atoms with E-state index in [4.69, 9.17) is 4.74 Å². The molecule has 1 amide bonds. The molecular formula is C15H26N2O2. The molecule has 19 heavy (non-hydrogen) atoms. The van der Waals surface area contributed by atoms with Crippen molar-refractivity contribution in [1.29, 1.82) is 0 Å². The highest BCUT2D eigenvalue weighted by atomic mass is 16.5. The third-order valence-electron chi connectivity index (χ3n) is 5.14. The van der Waals surface area contributed by atoms with Gasteiger partial charge in [-0.25, -0.2) is 0 Å². The van der Waals surface area contributed by atoms with Crippen molar-refractivity contribution in [1.82, 2.24) is 10.2 Å². The minimum Gasteiger partial charge on any atom is -0.378 e. The number of hydrogen-bond acceptors (Lipinski definition) is 3. The molecule has 4 nitrogen and oxygen atoms in total. The standard InChI is InChI=1S/C15H26N2O2/c1-2-13-12(7-8-19-13)10-17-14(18)9-16-15(17)11-5-3-4-6-11/h11-13,15-16H,2-10H2,1H3. The van der Waals surface area contributed by atoms with Crippen molar-refractivity contribution >= 4 is 5.91 Å². The van der Waals surface area contributed by atoms with Gasteiger partial charge in [0.1, 0.15) is 0 Å². The van der Waals surface area contributed by atoms with Gasteiger partial charge in [0.25, 0.3) is 0 Å². The van der Waals surface area contributed by atoms with E-state index in [0.717, 1.165) is 26.0 Å². The molecule has 0 aromatic rings. The summed E-state index contributed by atoms with van der Waals surface area (Å²) in [6, 6.07) is 0. The molecule has 0 aromatic heterocycles. The lowest BCUT2D eigenvalue weighted by atomic mass is 9.97. The monoisotopic (exact) mass is 266 g/mol. The summed E-state index contributed by atoms with van der Waals surface area (Å²) in [6.07, 6.45) is 8.04. The van der Waals surface area contributed by atoms with Crippen LogP contribution >= 0.6 is 0 Å². The molecule has 0 aromatic carbocycles. The van der Waals surface area contributed by atoms with E-state index in [1.54, 1.807) is 0 Å². The molecule has 2 aliphatic heterocycles. The molecule has 3 fully saturated rings. The molecule has 1 N–H and O–H groups in total. The Bertz CT molecular complexity index is 328. The van der Waals surface area contributed by atoms with Crippen molar-refractivity contribution in [2.24, 2.45) is 11.8 Å². The lowest BCUT2D eigenvalue weighted by Gasteiger charge is -2.32. The minimum atomic E-state index is 0.290. The van der Waals surface area contributed by atoms with Crippen LogP contribution in [0.25, 0.3) is 0 Å². The Morgan fingerprint density at radius 2 is 2.11 bits per heavy atom. The Balaban J connectivity index is 1.64. The van der Waals surface area contributed by atoms with E-state index in [1.165, 1.54) is 25.7 Å². The summed E-state index contributed by atoms with van der Waals surface area (Å²) in [5.41, 5.74) is 0. The number of carbonyl (C=O) groups is 1. The van der Waals surface area contributed by atoms with Crippen molar-refractivity contribution in [3.05, 3.63) is 0 Å². The van der Waals surface area contributed by atoms with E-state index in [2.05, 4.69) is 17.1 Å². The Hall–Kier alpha value is -0.610. The second-order valence-corrected chi connectivity index (χ2v) is 6.28. The lowest BCUT2D eigenvalue weighted by Crippen LogP contribution is -2.45. The largest absolute Gasteiger partial charge is 0.378 e. The van der Waals surface area contributed by atoms with Crippen molar-refractivity contribution in [3.63, 3.8) is 0 Å². The van der Waals surface area contributed by atoms with Crippen LogP contribution in [0.1, 0.15) is 45.4 Å². The Labute approximate surface area is 115 Å². The number of nitrogens with zero attached hydrogens (tertiary/aromatic N) is 1. The van der Waals surface area contributed by atoms with Crippen LogP contribution < -0.4 is 5.32 Å². The summed E-state index contributed by atoms with van der Waals surface area (Å²) >= 11 is 0. The Morgan fingerprint density at radius 3 is 2.84 bits per heavy atom. The molecule has 3 aliphatic rings. The number of nitrogens with one attached hydrogen (secondary N) is 1.